The maximum atomic E-state index is 11.1. The van der Waals surface area contributed by atoms with E-state index in [1.807, 2.05) is 6.92 Å². The van der Waals surface area contributed by atoms with E-state index in [0.29, 0.717) is 25.8 Å². The van der Waals surface area contributed by atoms with Crippen LogP contribution in [0.15, 0.2) is 0 Å². The Kier molecular flexibility index (Phi) is 6.54. The van der Waals surface area contributed by atoms with Gasteiger partial charge in [0, 0.05) is 19.0 Å². The first-order valence-electron chi connectivity index (χ1n) is 4.72. The van der Waals surface area contributed by atoms with Crippen molar-refractivity contribution >= 4 is 5.91 Å². The van der Waals surface area contributed by atoms with Gasteiger partial charge in [-0.3, -0.25) is 4.79 Å². The molecule has 0 aliphatic rings. The maximum Gasteiger partial charge on any atom is 0.220 e. The van der Waals surface area contributed by atoms with Crippen molar-refractivity contribution in [3.8, 4) is 0 Å². The largest absolute Gasteiger partial charge is 0.393 e. The van der Waals surface area contributed by atoms with Gasteiger partial charge >= 0.3 is 0 Å². The van der Waals surface area contributed by atoms with Crippen LogP contribution in [0, 0.1) is 0 Å². The van der Waals surface area contributed by atoms with E-state index >= 15 is 0 Å². The topological polar surface area (TPSA) is 75.4 Å². The summed E-state index contributed by atoms with van der Waals surface area (Å²) in [6.07, 6.45) is 1.43. The van der Waals surface area contributed by atoms with Gasteiger partial charge in [-0.2, -0.15) is 0 Å². The zero-order valence-electron chi connectivity index (χ0n) is 8.42. The first-order valence-corrected chi connectivity index (χ1v) is 4.72. The molecule has 0 aromatic rings. The second kappa shape index (κ2) is 6.86. The molecule has 0 aromatic carbocycles. The van der Waals surface area contributed by atoms with Crippen LogP contribution in [0.25, 0.3) is 0 Å². The molecule has 78 valence electrons. The molecular formula is C9H20N2O2. The maximum absolute atomic E-state index is 11.1. The summed E-state index contributed by atoms with van der Waals surface area (Å²) in [4.78, 5) is 11.1. The summed E-state index contributed by atoms with van der Waals surface area (Å²) in [5.41, 5.74) is 5.50. The number of aliphatic hydroxyl groups is 1. The van der Waals surface area contributed by atoms with Gasteiger partial charge in [-0.05, 0) is 26.7 Å². The minimum Gasteiger partial charge on any atom is -0.393 e. The normalized spacial score (nSPS) is 15.1. The zero-order valence-corrected chi connectivity index (χ0v) is 8.42. The highest BCUT2D eigenvalue weighted by Crippen LogP contribution is 1.93. The zero-order chi connectivity index (χ0) is 10.3. The first kappa shape index (κ1) is 12.4. The number of aliphatic hydroxyl groups excluding tert-OH is 1. The summed E-state index contributed by atoms with van der Waals surface area (Å²) in [6.45, 7) is 4.12. The van der Waals surface area contributed by atoms with E-state index in [1.165, 1.54) is 0 Å². The number of hydrogen-bond acceptors (Lipinski definition) is 3. The summed E-state index contributed by atoms with van der Waals surface area (Å²) in [5.74, 6) is 0.0120. The second-order valence-corrected chi connectivity index (χ2v) is 3.50. The molecule has 4 heteroatoms. The van der Waals surface area contributed by atoms with Crippen molar-refractivity contribution in [2.45, 2.75) is 45.3 Å². The van der Waals surface area contributed by atoms with Gasteiger partial charge in [-0.15, -0.1) is 0 Å². The fraction of sp³-hybridized carbons (Fsp3) is 0.889. The van der Waals surface area contributed by atoms with Gasteiger partial charge < -0.3 is 16.2 Å². The molecule has 4 N–H and O–H groups in total. The molecule has 0 saturated heterocycles. The van der Waals surface area contributed by atoms with Gasteiger partial charge in [0.2, 0.25) is 5.91 Å². The molecular weight excluding hydrogens is 168 g/mol. The fourth-order valence-electron chi connectivity index (χ4n) is 0.868. The minimum absolute atomic E-state index is 0.0120. The molecule has 0 bridgehead atoms. The Morgan fingerprint density at radius 1 is 1.46 bits per heavy atom. The Hall–Kier alpha value is -0.610. The molecule has 0 fully saturated rings. The molecule has 13 heavy (non-hydrogen) atoms. The molecule has 2 unspecified atom stereocenters. The smallest absolute Gasteiger partial charge is 0.220 e. The third-order valence-electron chi connectivity index (χ3n) is 1.71. The Morgan fingerprint density at radius 2 is 2.08 bits per heavy atom. The Morgan fingerprint density at radius 3 is 2.54 bits per heavy atom. The summed E-state index contributed by atoms with van der Waals surface area (Å²) < 4.78 is 0. The number of amides is 1. The quantitative estimate of drug-likeness (QED) is 0.549. The standard InChI is InChI=1S/C9H20N2O2/c1-7(10)3-4-9(13)11-6-5-8(2)12/h7-8,12H,3-6,10H2,1-2H3,(H,11,13). The molecule has 1 amide bonds. The fourth-order valence-corrected chi connectivity index (χ4v) is 0.868. The molecule has 2 atom stereocenters. The van der Waals surface area contributed by atoms with Crippen LogP contribution in [0.4, 0.5) is 0 Å². The van der Waals surface area contributed by atoms with Crippen molar-refractivity contribution in [1.82, 2.24) is 5.32 Å². The van der Waals surface area contributed by atoms with Gasteiger partial charge in [0.05, 0.1) is 6.10 Å². The van der Waals surface area contributed by atoms with Gasteiger partial charge in [-0.25, -0.2) is 0 Å². The van der Waals surface area contributed by atoms with Gasteiger partial charge in [0.15, 0.2) is 0 Å². The molecule has 0 radical (unpaired) electrons. The molecule has 0 rings (SSSR count). The number of nitrogens with two attached hydrogens (primary N) is 1. The van der Waals surface area contributed by atoms with E-state index in [0.717, 1.165) is 0 Å². The molecule has 0 saturated carbocycles. The lowest BCUT2D eigenvalue weighted by atomic mass is 10.2. The molecule has 0 heterocycles. The Balaban J connectivity index is 3.30. The number of carbonyl (C=O) groups excluding carboxylic acids is 1. The van der Waals surface area contributed by atoms with Crippen LogP contribution in [0.3, 0.4) is 0 Å². The highest BCUT2D eigenvalue weighted by Gasteiger charge is 2.03. The van der Waals surface area contributed by atoms with Crippen LogP contribution in [-0.2, 0) is 4.79 Å². The highest BCUT2D eigenvalue weighted by atomic mass is 16.3. The van der Waals surface area contributed by atoms with Gasteiger partial charge in [-0.1, -0.05) is 0 Å². The number of carbonyl (C=O) groups is 1. The van der Waals surface area contributed by atoms with E-state index in [9.17, 15) is 4.79 Å². The summed E-state index contributed by atoms with van der Waals surface area (Å²) >= 11 is 0. The van der Waals surface area contributed by atoms with Crippen LogP contribution in [0.1, 0.15) is 33.1 Å². The van der Waals surface area contributed by atoms with Crippen molar-refractivity contribution in [3.63, 3.8) is 0 Å². The SMILES string of the molecule is CC(N)CCC(=O)NCCC(C)O. The van der Waals surface area contributed by atoms with Crippen molar-refractivity contribution < 1.29 is 9.90 Å². The molecule has 0 aliphatic carbocycles. The summed E-state index contributed by atoms with van der Waals surface area (Å²) in [6, 6.07) is 0.0718. The Bertz CT molecular complexity index is 147. The Labute approximate surface area is 79.5 Å². The molecule has 4 nitrogen and oxygen atoms in total. The average molecular weight is 188 g/mol. The molecule has 0 aliphatic heterocycles. The van der Waals surface area contributed by atoms with Crippen molar-refractivity contribution in [3.05, 3.63) is 0 Å². The first-order chi connectivity index (χ1) is 6.02. The lowest BCUT2D eigenvalue weighted by Gasteiger charge is -2.07. The summed E-state index contributed by atoms with van der Waals surface area (Å²) in [5, 5.41) is 11.6. The van der Waals surface area contributed by atoms with Gasteiger partial charge in [0.1, 0.15) is 0 Å². The third-order valence-corrected chi connectivity index (χ3v) is 1.71. The van der Waals surface area contributed by atoms with E-state index in [2.05, 4.69) is 5.32 Å². The van der Waals surface area contributed by atoms with Crippen molar-refractivity contribution in [1.29, 1.82) is 0 Å². The van der Waals surface area contributed by atoms with Crippen LogP contribution in [0.2, 0.25) is 0 Å². The van der Waals surface area contributed by atoms with Crippen LogP contribution >= 0.6 is 0 Å². The lowest BCUT2D eigenvalue weighted by molar-refractivity contribution is -0.121. The lowest BCUT2D eigenvalue weighted by Crippen LogP contribution is -2.28. The summed E-state index contributed by atoms with van der Waals surface area (Å²) in [7, 11) is 0. The van der Waals surface area contributed by atoms with E-state index in [1.54, 1.807) is 6.92 Å². The number of rotatable bonds is 6. The average Bonchev–Trinajstić information content (AvgIpc) is 2.00. The monoisotopic (exact) mass is 188 g/mol. The number of hydrogen-bond donors (Lipinski definition) is 3. The van der Waals surface area contributed by atoms with Crippen LogP contribution in [-0.4, -0.2) is 29.7 Å². The van der Waals surface area contributed by atoms with E-state index < -0.39 is 0 Å². The van der Waals surface area contributed by atoms with Crippen molar-refractivity contribution in [2.24, 2.45) is 5.73 Å². The third kappa shape index (κ3) is 9.30. The van der Waals surface area contributed by atoms with Crippen LogP contribution < -0.4 is 11.1 Å². The number of nitrogens with one attached hydrogen (secondary N) is 1. The minimum atomic E-state index is -0.353. The predicted octanol–water partition coefficient (Wildman–Crippen LogP) is 0.000900. The van der Waals surface area contributed by atoms with E-state index in [4.69, 9.17) is 10.8 Å². The van der Waals surface area contributed by atoms with E-state index in [-0.39, 0.29) is 18.1 Å². The molecule has 0 aromatic heterocycles. The second-order valence-electron chi connectivity index (χ2n) is 3.50. The highest BCUT2D eigenvalue weighted by molar-refractivity contribution is 5.75. The van der Waals surface area contributed by atoms with Crippen molar-refractivity contribution in [2.75, 3.05) is 6.54 Å². The molecule has 0 spiro atoms. The van der Waals surface area contributed by atoms with Gasteiger partial charge in [0.25, 0.3) is 0 Å². The van der Waals surface area contributed by atoms with Crippen LogP contribution in [0.5, 0.6) is 0 Å². The predicted molar refractivity (Wildman–Crippen MR) is 52.2 cm³/mol.